The van der Waals surface area contributed by atoms with Crippen molar-refractivity contribution in [1.29, 1.82) is 0 Å². The lowest BCUT2D eigenvalue weighted by atomic mass is 10.3. The van der Waals surface area contributed by atoms with E-state index < -0.39 is 0 Å². The number of para-hydroxylation sites is 2. The van der Waals surface area contributed by atoms with Crippen molar-refractivity contribution >= 4 is 29.0 Å². The Morgan fingerprint density at radius 1 is 0.919 bits per heavy atom. The Balaban J connectivity index is 1.50. The topological polar surface area (TPSA) is 99.5 Å². The number of aromatic nitrogens is 3. The van der Waals surface area contributed by atoms with Crippen LogP contribution >= 0.6 is 11.8 Å². The average molecular weight is 520 g/mol. The first-order valence-corrected chi connectivity index (χ1v) is 12.7. The number of thioether (sulfide) groups is 1. The molecule has 0 saturated heterocycles. The molecule has 4 rings (SSSR count). The van der Waals surface area contributed by atoms with Crippen molar-refractivity contribution in [1.82, 2.24) is 14.8 Å². The minimum atomic E-state index is -0.173. The van der Waals surface area contributed by atoms with Crippen LogP contribution in [0.25, 0.3) is 5.69 Å². The standard InChI is InChI=1S/C27H29N5O4S/c1-4-36-22-13-9-19(10-14-22)28-17-25-30-31-27(32(25)20-11-15-21(34-2)16-12-20)37-18-26(33)29-23-7-5-6-8-24(23)35-3/h5-16,28H,4,17-18H2,1-3H3,(H,29,33). The molecule has 0 bridgehead atoms. The lowest BCUT2D eigenvalue weighted by Crippen LogP contribution is -2.15. The molecule has 0 aliphatic rings. The molecule has 0 aliphatic carbocycles. The minimum Gasteiger partial charge on any atom is -0.497 e. The van der Waals surface area contributed by atoms with Gasteiger partial charge in [0.1, 0.15) is 17.2 Å². The summed E-state index contributed by atoms with van der Waals surface area (Å²) < 4.78 is 18.1. The van der Waals surface area contributed by atoms with Gasteiger partial charge in [0.25, 0.3) is 0 Å². The van der Waals surface area contributed by atoms with Crippen LogP contribution in [0.5, 0.6) is 17.2 Å². The third-order valence-corrected chi connectivity index (χ3v) is 6.29. The number of anilines is 2. The Kier molecular flexibility index (Phi) is 8.88. The van der Waals surface area contributed by atoms with Crippen LogP contribution in [0.1, 0.15) is 12.7 Å². The number of amides is 1. The number of ether oxygens (including phenoxy) is 3. The number of carbonyl (C=O) groups excluding carboxylic acids is 1. The van der Waals surface area contributed by atoms with E-state index in [0.717, 1.165) is 22.9 Å². The molecule has 0 spiro atoms. The number of nitrogens with one attached hydrogen (secondary N) is 2. The monoisotopic (exact) mass is 519 g/mol. The highest BCUT2D eigenvalue weighted by Gasteiger charge is 2.17. The Labute approximate surface area is 220 Å². The predicted molar refractivity (Wildman–Crippen MR) is 145 cm³/mol. The number of hydrogen-bond donors (Lipinski definition) is 2. The quantitative estimate of drug-likeness (QED) is 0.252. The predicted octanol–water partition coefficient (Wildman–Crippen LogP) is 5.03. The zero-order valence-corrected chi connectivity index (χ0v) is 21.7. The molecule has 1 heterocycles. The fourth-order valence-corrected chi connectivity index (χ4v) is 4.35. The maximum Gasteiger partial charge on any atom is 0.234 e. The Hall–Kier alpha value is -4.18. The first-order valence-electron chi connectivity index (χ1n) is 11.7. The number of hydrogen-bond acceptors (Lipinski definition) is 8. The van der Waals surface area contributed by atoms with Gasteiger partial charge in [-0.25, -0.2) is 0 Å². The van der Waals surface area contributed by atoms with Crippen LogP contribution in [0.3, 0.4) is 0 Å². The van der Waals surface area contributed by atoms with Gasteiger partial charge < -0.3 is 24.8 Å². The maximum absolute atomic E-state index is 12.7. The Morgan fingerprint density at radius 3 is 2.35 bits per heavy atom. The summed E-state index contributed by atoms with van der Waals surface area (Å²) in [6.07, 6.45) is 0. The summed E-state index contributed by atoms with van der Waals surface area (Å²) in [6, 6.07) is 22.7. The van der Waals surface area contributed by atoms with E-state index in [2.05, 4.69) is 20.8 Å². The van der Waals surface area contributed by atoms with E-state index in [1.807, 2.05) is 72.2 Å². The average Bonchev–Trinajstić information content (AvgIpc) is 3.34. The summed E-state index contributed by atoms with van der Waals surface area (Å²) in [5.41, 5.74) is 2.41. The van der Waals surface area contributed by atoms with Crippen LogP contribution in [0.4, 0.5) is 11.4 Å². The molecular weight excluding hydrogens is 490 g/mol. The highest BCUT2D eigenvalue weighted by Crippen LogP contribution is 2.26. The molecule has 0 atom stereocenters. The molecule has 0 aliphatic heterocycles. The summed E-state index contributed by atoms with van der Waals surface area (Å²) in [6.45, 7) is 3.01. The zero-order chi connectivity index (χ0) is 26.0. The van der Waals surface area contributed by atoms with E-state index in [0.29, 0.717) is 35.6 Å². The molecule has 0 saturated carbocycles. The van der Waals surface area contributed by atoms with Gasteiger partial charge in [0.2, 0.25) is 5.91 Å². The molecular formula is C27H29N5O4S. The fourth-order valence-electron chi connectivity index (χ4n) is 3.58. The van der Waals surface area contributed by atoms with Gasteiger partial charge in [-0.15, -0.1) is 10.2 Å². The summed E-state index contributed by atoms with van der Waals surface area (Å²) in [5.74, 6) is 2.85. The molecule has 9 nitrogen and oxygen atoms in total. The largest absolute Gasteiger partial charge is 0.497 e. The first kappa shape index (κ1) is 25.9. The van der Waals surface area contributed by atoms with Crippen molar-refractivity contribution in [3.63, 3.8) is 0 Å². The van der Waals surface area contributed by atoms with Crippen molar-refractivity contribution < 1.29 is 19.0 Å². The number of benzene rings is 3. The van der Waals surface area contributed by atoms with Crippen LogP contribution in [-0.4, -0.2) is 47.3 Å². The smallest absolute Gasteiger partial charge is 0.234 e. The van der Waals surface area contributed by atoms with Gasteiger partial charge in [-0.2, -0.15) is 0 Å². The number of rotatable bonds is 12. The van der Waals surface area contributed by atoms with Crippen LogP contribution in [0.2, 0.25) is 0 Å². The van der Waals surface area contributed by atoms with Crippen molar-refractivity contribution in [2.75, 3.05) is 37.2 Å². The van der Waals surface area contributed by atoms with Crippen LogP contribution < -0.4 is 24.8 Å². The molecule has 0 radical (unpaired) electrons. The molecule has 4 aromatic rings. The van der Waals surface area contributed by atoms with E-state index in [9.17, 15) is 4.79 Å². The number of nitrogens with zero attached hydrogens (tertiary/aromatic N) is 3. The molecule has 1 amide bonds. The summed E-state index contributed by atoms with van der Waals surface area (Å²) in [4.78, 5) is 12.7. The van der Waals surface area contributed by atoms with Gasteiger partial charge in [0, 0.05) is 11.4 Å². The summed E-state index contributed by atoms with van der Waals surface area (Å²) in [5, 5.41) is 15.7. The molecule has 2 N–H and O–H groups in total. The second kappa shape index (κ2) is 12.7. The van der Waals surface area contributed by atoms with Gasteiger partial charge in [-0.1, -0.05) is 23.9 Å². The van der Waals surface area contributed by atoms with Crippen molar-refractivity contribution in [3.8, 4) is 22.9 Å². The highest BCUT2D eigenvalue weighted by molar-refractivity contribution is 7.99. The fraction of sp³-hybridized carbons (Fsp3) is 0.222. The normalized spacial score (nSPS) is 10.6. The first-order chi connectivity index (χ1) is 18.1. The molecule has 37 heavy (non-hydrogen) atoms. The Morgan fingerprint density at radius 2 is 1.65 bits per heavy atom. The van der Waals surface area contributed by atoms with Gasteiger partial charge in [-0.3, -0.25) is 9.36 Å². The second-order valence-electron chi connectivity index (χ2n) is 7.78. The van der Waals surface area contributed by atoms with Gasteiger partial charge in [-0.05, 0) is 67.6 Å². The summed E-state index contributed by atoms with van der Waals surface area (Å²) in [7, 11) is 3.20. The molecule has 192 valence electrons. The third-order valence-electron chi connectivity index (χ3n) is 5.36. The van der Waals surface area contributed by atoms with E-state index in [1.165, 1.54) is 11.8 Å². The van der Waals surface area contributed by atoms with Gasteiger partial charge in [0.15, 0.2) is 11.0 Å². The van der Waals surface area contributed by atoms with E-state index in [4.69, 9.17) is 14.2 Å². The van der Waals surface area contributed by atoms with Gasteiger partial charge >= 0.3 is 0 Å². The van der Waals surface area contributed by atoms with E-state index >= 15 is 0 Å². The molecule has 10 heteroatoms. The third kappa shape index (κ3) is 6.73. The van der Waals surface area contributed by atoms with Crippen LogP contribution in [0, 0.1) is 0 Å². The lowest BCUT2D eigenvalue weighted by Gasteiger charge is -2.13. The maximum atomic E-state index is 12.7. The van der Waals surface area contributed by atoms with E-state index in [1.54, 1.807) is 26.4 Å². The molecule has 1 aromatic heterocycles. The molecule has 3 aromatic carbocycles. The van der Waals surface area contributed by atoms with Crippen LogP contribution in [-0.2, 0) is 11.3 Å². The van der Waals surface area contributed by atoms with Crippen molar-refractivity contribution in [3.05, 3.63) is 78.6 Å². The van der Waals surface area contributed by atoms with Crippen molar-refractivity contribution in [2.45, 2.75) is 18.6 Å². The number of carbonyl (C=O) groups is 1. The molecule has 0 fully saturated rings. The zero-order valence-electron chi connectivity index (χ0n) is 20.9. The van der Waals surface area contributed by atoms with E-state index in [-0.39, 0.29) is 11.7 Å². The van der Waals surface area contributed by atoms with Gasteiger partial charge in [0.05, 0.1) is 38.8 Å². The van der Waals surface area contributed by atoms with Crippen LogP contribution in [0.15, 0.2) is 78.0 Å². The minimum absolute atomic E-state index is 0.151. The SMILES string of the molecule is CCOc1ccc(NCc2nnc(SCC(=O)Nc3ccccc3OC)n2-c2ccc(OC)cc2)cc1. The molecule has 0 unspecified atom stereocenters. The second-order valence-corrected chi connectivity index (χ2v) is 8.72. The lowest BCUT2D eigenvalue weighted by molar-refractivity contribution is -0.113. The Bertz CT molecular complexity index is 1310. The van der Waals surface area contributed by atoms with Crippen molar-refractivity contribution in [2.24, 2.45) is 0 Å². The summed E-state index contributed by atoms with van der Waals surface area (Å²) >= 11 is 1.30. The highest BCUT2D eigenvalue weighted by atomic mass is 32.2. The number of methoxy groups -OCH3 is 2.